The van der Waals surface area contributed by atoms with Gasteiger partial charge in [-0.2, -0.15) is 0 Å². The zero-order valence-electron chi connectivity index (χ0n) is 4.95. The molecule has 0 aromatic heterocycles. The Labute approximate surface area is 53.3 Å². The molecule has 0 fully saturated rings. The van der Waals surface area contributed by atoms with E-state index < -0.39 is 12.1 Å². The Hall–Kier alpha value is -0.450. The predicted molar refractivity (Wildman–Crippen MR) is 31.4 cm³/mol. The number of hydrogen-bond acceptors (Lipinski definition) is 4. The molecule has 9 heavy (non-hydrogen) atoms. The van der Waals surface area contributed by atoms with Crippen LogP contribution >= 0.6 is 0 Å². The van der Waals surface area contributed by atoms with Crippen LogP contribution in [0.25, 0.3) is 0 Å². The van der Waals surface area contributed by atoms with Gasteiger partial charge in [0.25, 0.3) is 0 Å². The van der Waals surface area contributed by atoms with Crippen molar-refractivity contribution in [2.45, 2.75) is 18.6 Å². The first-order valence-electron chi connectivity index (χ1n) is 2.63. The summed E-state index contributed by atoms with van der Waals surface area (Å²) in [6.45, 7) is -0.223. The van der Waals surface area contributed by atoms with Gasteiger partial charge in [0.2, 0.25) is 6.29 Å². The van der Waals surface area contributed by atoms with E-state index in [1.54, 1.807) is 0 Å². The van der Waals surface area contributed by atoms with Gasteiger partial charge in [0, 0.05) is 6.04 Å². The highest BCUT2D eigenvalue weighted by Gasteiger charge is 2.08. The third kappa shape index (κ3) is 4.08. The maximum absolute atomic E-state index is 9.64. The molecule has 4 heteroatoms. The van der Waals surface area contributed by atoms with Crippen molar-refractivity contribution in [3.05, 3.63) is 0 Å². The lowest BCUT2D eigenvalue weighted by Crippen LogP contribution is -2.29. The van der Waals surface area contributed by atoms with E-state index in [-0.39, 0.29) is 13.0 Å². The van der Waals surface area contributed by atoms with Gasteiger partial charge in [-0.05, 0) is 6.42 Å². The maximum atomic E-state index is 9.64. The van der Waals surface area contributed by atoms with E-state index in [1.807, 2.05) is 0 Å². The molecule has 1 radical (unpaired) electrons. The second-order valence-corrected chi connectivity index (χ2v) is 1.81. The Bertz CT molecular complexity index is 86.3. The van der Waals surface area contributed by atoms with E-state index in [9.17, 15) is 4.79 Å². The second kappa shape index (κ2) is 4.43. The van der Waals surface area contributed by atoms with Gasteiger partial charge in [-0.1, -0.05) is 0 Å². The first-order valence-corrected chi connectivity index (χ1v) is 2.63. The summed E-state index contributed by atoms with van der Waals surface area (Å²) in [7, 11) is 0. The quantitative estimate of drug-likeness (QED) is 0.420. The standard InChI is InChI=1S/C5H10NO3/c6-4(2-7)1-5(9)3-8/h4-5,7,9H,1-2,6H2. The highest BCUT2D eigenvalue weighted by atomic mass is 16.3. The van der Waals surface area contributed by atoms with Crippen LogP contribution in [0, 0.1) is 0 Å². The highest BCUT2D eigenvalue weighted by molar-refractivity contribution is 5.56. The van der Waals surface area contributed by atoms with Crippen molar-refractivity contribution in [1.82, 2.24) is 0 Å². The van der Waals surface area contributed by atoms with Crippen LogP contribution in [0.15, 0.2) is 0 Å². The zero-order valence-corrected chi connectivity index (χ0v) is 4.95. The van der Waals surface area contributed by atoms with Gasteiger partial charge in [-0.25, -0.2) is 0 Å². The number of rotatable bonds is 4. The molecule has 53 valence electrons. The van der Waals surface area contributed by atoms with Gasteiger partial charge in [0.15, 0.2) is 0 Å². The molecule has 0 heterocycles. The van der Waals surface area contributed by atoms with E-state index in [2.05, 4.69) is 0 Å². The van der Waals surface area contributed by atoms with Crippen LogP contribution in [0.1, 0.15) is 6.42 Å². The summed E-state index contributed by atoms with van der Waals surface area (Å²) < 4.78 is 0. The molecule has 0 spiro atoms. The minimum atomic E-state index is -1.16. The molecular formula is C5H10NO3. The second-order valence-electron chi connectivity index (χ2n) is 1.81. The minimum Gasteiger partial charge on any atom is -0.395 e. The lowest BCUT2D eigenvalue weighted by Gasteiger charge is -2.07. The zero-order chi connectivity index (χ0) is 7.28. The fourth-order valence-electron chi connectivity index (χ4n) is 0.409. The Morgan fingerprint density at radius 2 is 2.22 bits per heavy atom. The molecule has 2 unspecified atom stereocenters. The van der Waals surface area contributed by atoms with Crippen LogP contribution in [0.4, 0.5) is 0 Å². The third-order valence-electron chi connectivity index (χ3n) is 0.897. The van der Waals surface area contributed by atoms with Crippen molar-refractivity contribution in [3.8, 4) is 0 Å². The first kappa shape index (κ1) is 8.55. The third-order valence-corrected chi connectivity index (χ3v) is 0.897. The molecule has 0 aliphatic heterocycles. The van der Waals surface area contributed by atoms with E-state index in [4.69, 9.17) is 15.9 Å². The van der Waals surface area contributed by atoms with Crippen molar-refractivity contribution in [2.24, 2.45) is 5.73 Å². The Balaban J connectivity index is 3.33. The number of aliphatic hydroxyl groups excluding tert-OH is 2. The van der Waals surface area contributed by atoms with Crippen LogP contribution in [0.5, 0.6) is 0 Å². The molecule has 0 aromatic rings. The highest BCUT2D eigenvalue weighted by Crippen LogP contribution is 1.90. The van der Waals surface area contributed by atoms with Crippen molar-refractivity contribution in [3.63, 3.8) is 0 Å². The molecular weight excluding hydrogens is 122 g/mol. The molecule has 4 nitrogen and oxygen atoms in total. The summed E-state index contributed by atoms with van der Waals surface area (Å²) in [5.41, 5.74) is 5.16. The van der Waals surface area contributed by atoms with Crippen LogP contribution in [-0.2, 0) is 4.79 Å². The molecule has 0 aliphatic rings. The molecule has 0 aromatic carbocycles. The van der Waals surface area contributed by atoms with E-state index >= 15 is 0 Å². The van der Waals surface area contributed by atoms with Gasteiger partial charge < -0.3 is 15.9 Å². The molecule has 0 aliphatic carbocycles. The van der Waals surface area contributed by atoms with Crippen molar-refractivity contribution < 1.29 is 15.0 Å². The Kier molecular flexibility index (Phi) is 4.21. The SMILES string of the molecule is NC(CO)CC(O)[C]=O. The van der Waals surface area contributed by atoms with E-state index in [1.165, 1.54) is 6.29 Å². The Morgan fingerprint density at radius 1 is 1.67 bits per heavy atom. The first-order chi connectivity index (χ1) is 4.20. The fourth-order valence-corrected chi connectivity index (χ4v) is 0.409. The van der Waals surface area contributed by atoms with Crippen LogP contribution in [0.2, 0.25) is 0 Å². The molecule has 0 saturated carbocycles. The van der Waals surface area contributed by atoms with Crippen molar-refractivity contribution in [1.29, 1.82) is 0 Å². The summed E-state index contributed by atoms with van der Waals surface area (Å²) in [6, 6.07) is -0.526. The van der Waals surface area contributed by atoms with Crippen molar-refractivity contribution in [2.75, 3.05) is 6.61 Å². The summed E-state index contributed by atoms with van der Waals surface area (Å²) in [5.74, 6) is 0. The van der Waals surface area contributed by atoms with E-state index in [0.29, 0.717) is 0 Å². The van der Waals surface area contributed by atoms with Gasteiger partial charge in [0.1, 0.15) is 6.10 Å². The Morgan fingerprint density at radius 3 is 2.56 bits per heavy atom. The lowest BCUT2D eigenvalue weighted by molar-refractivity contribution is 0.185. The normalized spacial score (nSPS) is 16.8. The number of carbonyl (C=O) groups excluding carboxylic acids is 1. The fraction of sp³-hybridized carbons (Fsp3) is 0.800. The molecule has 0 bridgehead atoms. The van der Waals surface area contributed by atoms with Gasteiger partial charge in [0.05, 0.1) is 6.61 Å². The monoisotopic (exact) mass is 132 g/mol. The average molecular weight is 132 g/mol. The molecule has 0 amide bonds. The van der Waals surface area contributed by atoms with Gasteiger partial charge in [-0.15, -0.1) is 0 Å². The molecule has 0 saturated heterocycles. The average Bonchev–Trinajstić information content (AvgIpc) is 1.87. The number of aliphatic hydroxyl groups is 2. The summed E-state index contributed by atoms with van der Waals surface area (Å²) >= 11 is 0. The number of hydrogen-bond donors (Lipinski definition) is 3. The molecule has 2 atom stereocenters. The van der Waals surface area contributed by atoms with Crippen LogP contribution in [-0.4, -0.2) is 35.3 Å². The van der Waals surface area contributed by atoms with E-state index in [0.717, 1.165) is 0 Å². The maximum Gasteiger partial charge on any atom is 0.229 e. The summed E-state index contributed by atoms with van der Waals surface area (Å²) in [5, 5.41) is 16.9. The topological polar surface area (TPSA) is 83.6 Å². The summed E-state index contributed by atoms with van der Waals surface area (Å²) in [4.78, 5) is 9.64. The van der Waals surface area contributed by atoms with Gasteiger partial charge >= 0.3 is 0 Å². The van der Waals surface area contributed by atoms with Crippen LogP contribution < -0.4 is 5.73 Å². The van der Waals surface area contributed by atoms with Crippen LogP contribution in [0.3, 0.4) is 0 Å². The predicted octanol–water partition coefficient (Wildman–Crippen LogP) is -1.83. The summed E-state index contributed by atoms with van der Waals surface area (Å²) in [6.07, 6.45) is 0.254. The lowest BCUT2D eigenvalue weighted by atomic mass is 10.1. The minimum absolute atomic E-state index is 0.0694. The van der Waals surface area contributed by atoms with Gasteiger partial charge in [-0.3, -0.25) is 4.79 Å². The molecule has 4 N–H and O–H groups in total. The largest absolute Gasteiger partial charge is 0.395 e. The molecule has 0 rings (SSSR count). The number of nitrogens with two attached hydrogens (primary N) is 1. The smallest absolute Gasteiger partial charge is 0.229 e. The van der Waals surface area contributed by atoms with Crippen molar-refractivity contribution >= 4 is 6.29 Å².